The van der Waals surface area contributed by atoms with Crippen molar-refractivity contribution in [3.8, 4) is 0 Å². The van der Waals surface area contributed by atoms with Crippen LogP contribution < -0.4 is 0 Å². The van der Waals surface area contributed by atoms with Gasteiger partial charge in [0.1, 0.15) is 24.4 Å². The summed E-state index contributed by atoms with van der Waals surface area (Å²) in [6, 6.07) is 0. The van der Waals surface area contributed by atoms with E-state index in [9.17, 15) is 20.1 Å². The lowest BCUT2D eigenvalue weighted by Gasteiger charge is -2.40. The highest BCUT2D eigenvalue weighted by molar-refractivity contribution is 5.85. The van der Waals surface area contributed by atoms with Crippen molar-refractivity contribution >= 4 is 5.78 Å². The third-order valence-electron chi connectivity index (χ3n) is 2.83. The Labute approximate surface area is 107 Å². The molecule has 0 amide bonds. The van der Waals surface area contributed by atoms with E-state index in [2.05, 4.69) is 0 Å². The van der Waals surface area contributed by atoms with E-state index >= 15 is 0 Å². The van der Waals surface area contributed by atoms with Crippen LogP contribution in [-0.2, 0) is 14.3 Å². The second-order valence-electron chi connectivity index (χ2n) is 5.14. The Hall–Kier alpha value is -0.530. The van der Waals surface area contributed by atoms with Crippen molar-refractivity contribution in [2.75, 3.05) is 0 Å². The van der Waals surface area contributed by atoms with E-state index in [-0.39, 0.29) is 17.8 Å². The van der Waals surface area contributed by atoms with Gasteiger partial charge < -0.3 is 24.8 Å². The molecule has 0 radical (unpaired) electrons. The Balaban J connectivity index is 2.83. The molecule has 5 atom stereocenters. The minimum absolute atomic E-state index is 0.234. The lowest BCUT2D eigenvalue weighted by Crippen LogP contribution is -2.61. The van der Waals surface area contributed by atoms with E-state index in [1.54, 1.807) is 27.7 Å². The van der Waals surface area contributed by atoms with Gasteiger partial charge in [-0.25, -0.2) is 0 Å². The average Bonchev–Trinajstić information content (AvgIpc) is 2.28. The third-order valence-corrected chi connectivity index (χ3v) is 2.83. The van der Waals surface area contributed by atoms with Gasteiger partial charge in [0.15, 0.2) is 12.1 Å². The molecule has 1 fully saturated rings. The summed E-state index contributed by atoms with van der Waals surface area (Å²) in [5.41, 5.74) is 0. The summed E-state index contributed by atoms with van der Waals surface area (Å²) in [5.74, 6) is -0.669. The highest BCUT2D eigenvalue weighted by Gasteiger charge is 2.47. The van der Waals surface area contributed by atoms with E-state index in [1.165, 1.54) is 0 Å². The number of carbonyl (C=O) groups is 1. The summed E-state index contributed by atoms with van der Waals surface area (Å²) < 4.78 is 10.6. The van der Waals surface area contributed by atoms with Gasteiger partial charge >= 0.3 is 0 Å². The van der Waals surface area contributed by atoms with Crippen molar-refractivity contribution in [3.05, 3.63) is 0 Å². The van der Waals surface area contributed by atoms with Crippen molar-refractivity contribution in [2.24, 2.45) is 5.92 Å². The fourth-order valence-corrected chi connectivity index (χ4v) is 1.79. The van der Waals surface area contributed by atoms with Crippen LogP contribution in [0.4, 0.5) is 0 Å². The van der Waals surface area contributed by atoms with Gasteiger partial charge in [-0.3, -0.25) is 4.79 Å². The van der Waals surface area contributed by atoms with E-state index in [0.717, 1.165) is 0 Å². The number of ketones is 1. The first-order valence-corrected chi connectivity index (χ1v) is 6.14. The summed E-state index contributed by atoms with van der Waals surface area (Å²) in [5, 5.41) is 29.2. The van der Waals surface area contributed by atoms with Crippen LogP contribution in [0.2, 0.25) is 0 Å². The zero-order chi connectivity index (χ0) is 14.0. The third kappa shape index (κ3) is 3.27. The van der Waals surface area contributed by atoms with Gasteiger partial charge in [-0.1, -0.05) is 13.8 Å². The first-order valence-electron chi connectivity index (χ1n) is 6.14. The molecule has 0 aromatic rings. The molecule has 6 heteroatoms. The van der Waals surface area contributed by atoms with Gasteiger partial charge in [0.25, 0.3) is 0 Å². The number of ether oxygens (including phenoxy) is 2. The number of Topliss-reactive ketones (excluding diaryl/α,β-unsaturated/α-hetero) is 1. The van der Waals surface area contributed by atoms with Gasteiger partial charge in [0, 0.05) is 5.92 Å². The maximum atomic E-state index is 11.9. The van der Waals surface area contributed by atoms with Crippen LogP contribution in [0.25, 0.3) is 0 Å². The molecule has 0 bridgehead atoms. The second kappa shape index (κ2) is 6.08. The Bertz CT molecular complexity index is 290. The summed E-state index contributed by atoms with van der Waals surface area (Å²) in [6.45, 7) is 6.84. The first kappa shape index (κ1) is 15.5. The van der Waals surface area contributed by atoms with Crippen molar-refractivity contribution < 1.29 is 29.6 Å². The van der Waals surface area contributed by atoms with Crippen LogP contribution >= 0.6 is 0 Å². The topological polar surface area (TPSA) is 96.2 Å². The van der Waals surface area contributed by atoms with Crippen molar-refractivity contribution in [1.29, 1.82) is 0 Å². The number of hydrogen-bond acceptors (Lipinski definition) is 6. The molecule has 0 saturated carbocycles. The minimum Gasteiger partial charge on any atom is -0.387 e. The minimum atomic E-state index is -1.46. The lowest BCUT2D eigenvalue weighted by atomic mass is 9.92. The molecule has 1 saturated heterocycles. The predicted molar refractivity (Wildman–Crippen MR) is 62.7 cm³/mol. The zero-order valence-corrected chi connectivity index (χ0v) is 11.1. The number of rotatable bonds is 4. The number of aliphatic hydroxyl groups is 3. The molecular formula is C12H22O6. The molecule has 0 spiro atoms. The van der Waals surface area contributed by atoms with Crippen molar-refractivity contribution in [2.45, 2.75) is 64.5 Å². The number of carbonyl (C=O) groups excluding carboxylic acids is 1. The van der Waals surface area contributed by atoms with Crippen LogP contribution in [0.15, 0.2) is 0 Å². The lowest BCUT2D eigenvalue weighted by molar-refractivity contribution is -0.298. The summed E-state index contributed by atoms with van der Waals surface area (Å²) >= 11 is 0. The maximum absolute atomic E-state index is 11.9. The molecule has 0 aromatic heterocycles. The molecule has 3 N–H and O–H groups in total. The predicted octanol–water partition coefficient (Wildman–Crippen LogP) is -0.556. The highest BCUT2D eigenvalue weighted by atomic mass is 16.7. The summed E-state index contributed by atoms with van der Waals surface area (Å²) in [6.07, 6.45) is -6.80. The van der Waals surface area contributed by atoms with Gasteiger partial charge in [0.05, 0.1) is 6.10 Å². The molecule has 18 heavy (non-hydrogen) atoms. The van der Waals surface area contributed by atoms with E-state index < -0.39 is 30.7 Å². The van der Waals surface area contributed by atoms with Gasteiger partial charge in [-0.2, -0.15) is 0 Å². The molecule has 0 aliphatic carbocycles. The monoisotopic (exact) mass is 262 g/mol. The Morgan fingerprint density at radius 1 is 1.06 bits per heavy atom. The fraction of sp³-hybridized carbons (Fsp3) is 0.917. The Morgan fingerprint density at radius 2 is 1.61 bits per heavy atom. The van der Waals surface area contributed by atoms with Crippen molar-refractivity contribution in [3.63, 3.8) is 0 Å². The van der Waals surface area contributed by atoms with Crippen LogP contribution in [0.5, 0.6) is 0 Å². The van der Waals surface area contributed by atoms with Crippen LogP contribution in [0.1, 0.15) is 27.7 Å². The standard InChI is InChI=1S/C12H22O6/c1-5(2)7(13)11-9(15)8(14)10(16)12(18-11)17-6(3)4/h5-6,8-12,14-16H,1-4H3/t8-,9+,10?,11?,12+/m0/s1. The molecule has 1 heterocycles. The quantitative estimate of drug-likeness (QED) is 0.629. The molecule has 2 unspecified atom stereocenters. The van der Waals surface area contributed by atoms with Gasteiger partial charge in [-0.15, -0.1) is 0 Å². The summed E-state index contributed by atoms with van der Waals surface area (Å²) in [4.78, 5) is 11.9. The normalized spacial score (nSPS) is 37.3. The number of aliphatic hydroxyl groups excluding tert-OH is 3. The fourth-order valence-electron chi connectivity index (χ4n) is 1.79. The Kier molecular flexibility index (Phi) is 5.24. The van der Waals surface area contributed by atoms with E-state index in [1.807, 2.05) is 0 Å². The maximum Gasteiger partial charge on any atom is 0.187 e. The molecule has 106 valence electrons. The first-order chi connectivity index (χ1) is 8.25. The molecule has 1 aliphatic rings. The van der Waals surface area contributed by atoms with Gasteiger partial charge in [0.2, 0.25) is 0 Å². The largest absolute Gasteiger partial charge is 0.387 e. The highest BCUT2D eigenvalue weighted by Crippen LogP contribution is 2.25. The van der Waals surface area contributed by atoms with E-state index in [4.69, 9.17) is 9.47 Å². The van der Waals surface area contributed by atoms with Crippen LogP contribution in [0.3, 0.4) is 0 Å². The molecule has 1 rings (SSSR count). The SMILES string of the molecule is CC(C)O[C@@H]1OC(C(=O)C(C)C)[C@H](O)[C@H](O)C1O. The Morgan fingerprint density at radius 3 is 2.06 bits per heavy atom. The van der Waals surface area contributed by atoms with Crippen molar-refractivity contribution in [1.82, 2.24) is 0 Å². The molecule has 0 aromatic carbocycles. The zero-order valence-electron chi connectivity index (χ0n) is 11.1. The molecular weight excluding hydrogens is 240 g/mol. The number of hydrogen-bond donors (Lipinski definition) is 3. The van der Waals surface area contributed by atoms with Crippen LogP contribution in [0, 0.1) is 5.92 Å². The molecule has 1 aliphatic heterocycles. The summed E-state index contributed by atoms with van der Waals surface area (Å²) in [7, 11) is 0. The average molecular weight is 262 g/mol. The molecule has 6 nitrogen and oxygen atoms in total. The smallest absolute Gasteiger partial charge is 0.187 e. The van der Waals surface area contributed by atoms with Crippen LogP contribution in [-0.4, -0.2) is 57.9 Å². The van der Waals surface area contributed by atoms with Gasteiger partial charge in [-0.05, 0) is 13.8 Å². The second-order valence-corrected chi connectivity index (χ2v) is 5.14. The van der Waals surface area contributed by atoms with E-state index in [0.29, 0.717) is 0 Å².